The molecule has 9 nitrogen and oxygen atoms in total. The van der Waals surface area contributed by atoms with E-state index in [0.29, 0.717) is 49.4 Å². The van der Waals surface area contributed by atoms with E-state index in [1.54, 1.807) is 0 Å². The first-order valence-electron chi connectivity index (χ1n) is 11.5. The van der Waals surface area contributed by atoms with E-state index >= 15 is 0 Å². The molecular weight excluding hydrogens is 442 g/mol. The summed E-state index contributed by atoms with van der Waals surface area (Å²) in [5, 5.41) is 5.40. The van der Waals surface area contributed by atoms with Crippen molar-refractivity contribution in [3.8, 4) is 11.4 Å². The van der Waals surface area contributed by atoms with Crippen LogP contribution in [0.4, 0.5) is 16.3 Å². The number of amides is 2. The number of carbonyl (C=O) groups excluding carboxylic acids is 1. The maximum atomic E-state index is 12.0. The molecule has 1 aliphatic carbocycles. The van der Waals surface area contributed by atoms with E-state index < -0.39 is 10.6 Å². The summed E-state index contributed by atoms with van der Waals surface area (Å²) < 4.78 is 27.2. The summed E-state index contributed by atoms with van der Waals surface area (Å²) >= 11 is 0. The molecule has 3 aliphatic rings. The summed E-state index contributed by atoms with van der Waals surface area (Å²) in [6.45, 7) is 5.96. The standard InChI is InChI=1S/C23H31N5O4S/c1-3-19-20-18(13-33(19,30)31)26-21(27-22(20)28-10-11-32-12-14(28)2)15-4-6-16(7-5-15)24-23(29)25-17-8-9-17/h4-7,14,17,19,30-31H,3,8-13H2,1-2H3,(H2,24,25,29)/t14-,19?/m0/s1. The molecule has 2 fully saturated rings. The van der Waals surface area contributed by atoms with Gasteiger partial charge in [-0.25, -0.2) is 14.8 Å². The highest BCUT2D eigenvalue weighted by Crippen LogP contribution is 2.65. The summed E-state index contributed by atoms with van der Waals surface area (Å²) in [7, 11) is -2.81. The lowest BCUT2D eigenvalue weighted by Crippen LogP contribution is -2.44. The van der Waals surface area contributed by atoms with Crippen LogP contribution in [0.3, 0.4) is 0 Å². The van der Waals surface area contributed by atoms with Crippen LogP contribution in [-0.2, 0) is 10.5 Å². The minimum atomic E-state index is -2.81. The molecule has 2 aromatic rings. The van der Waals surface area contributed by atoms with E-state index in [1.807, 2.05) is 31.2 Å². The maximum Gasteiger partial charge on any atom is 0.319 e. The molecule has 10 heteroatoms. The fourth-order valence-electron chi connectivity index (χ4n) is 4.58. The van der Waals surface area contributed by atoms with Crippen molar-refractivity contribution in [2.45, 2.75) is 56.2 Å². The van der Waals surface area contributed by atoms with E-state index in [-0.39, 0.29) is 23.1 Å². The van der Waals surface area contributed by atoms with Crippen LogP contribution in [0.15, 0.2) is 24.3 Å². The Balaban J connectivity index is 1.48. The predicted octanol–water partition coefficient (Wildman–Crippen LogP) is 4.37. The van der Waals surface area contributed by atoms with Crippen LogP contribution >= 0.6 is 10.6 Å². The molecule has 0 bridgehead atoms. The second-order valence-corrected chi connectivity index (χ2v) is 11.3. The Bertz CT molecular complexity index is 1040. The first-order chi connectivity index (χ1) is 15.9. The van der Waals surface area contributed by atoms with Crippen LogP contribution in [0, 0.1) is 0 Å². The molecule has 2 aliphatic heterocycles. The molecule has 5 rings (SSSR count). The number of urea groups is 1. The summed E-state index contributed by atoms with van der Waals surface area (Å²) in [5.41, 5.74) is 3.08. The van der Waals surface area contributed by atoms with Gasteiger partial charge >= 0.3 is 6.03 Å². The minimum Gasteiger partial charge on any atom is -0.377 e. The smallest absolute Gasteiger partial charge is 0.319 e. The van der Waals surface area contributed by atoms with Crippen molar-refractivity contribution in [2.75, 3.05) is 30.0 Å². The summed E-state index contributed by atoms with van der Waals surface area (Å²) in [4.78, 5) is 23.9. The Labute approximate surface area is 195 Å². The number of hydrogen-bond acceptors (Lipinski definition) is 7. The number of morpholine rings is 1. The highest BCUT2D eigenvalue weighted by molar-refractivity contribution is 8.24. The normalized spacial score (nSPS) is 24.8. The van der Waals surface area contributed by atoms with E-state index in [1.165, 1.54) is 0 Å². The fraction of sp³-hybridized carbons (Fsp3) is 0.522. The second kappa shape index (κ2) is 8.75. The number of hydrogen-bond donors (Lipinski definition) is 4. The van der Waals surface area contributed by atoms with Crippen LogP contribution in [0.1, 0.15) is 49.6 Å². The van der Waals surface area contributed by atoms with Crippen LogP contribution in [-0.4, -0.2) is 56.9 Å². The Kier molecular flexibility index (Phi) is 5.94. The number of aromatic nitrogens is 2. The van der Waals surface area contributed by atoms with E-state index in [4.69, 9.17) is 14.7 Å². The van der Waals surface area contributed by atoms with Gasteiger partial charge in [-0.1, -0.05) is 6.92 Å². The summed E-state index contributed by atoms with van der Waals surface area (Å²) in [5.74, 6) is 1.48. The van der Waals surface area contributed by atoms with Gasteiger partial charge < -0.3 is 20.3 Å². The van der Waals surface area contributed by atoms with Crippen LogP contribution < -0.4 is 15.5 Å². The topological polar surface area (TPSA) is 120 Å². The van der Waals surface area contributed by atoms with Crippen molar-refractivity contribution in [2.24, 2.45) is 0 Å². The van der Waals surface area contributed by atoms with Crippen molar-refractivity contribution in [3.05, 3.63) is 35.5 Å². The number of nitrogens with one attached hydrogen (secondary N) is 2. The van der Waals surface area contributed by atoms with Gasteiger partial charge in [0.15, 0.2) is 5.82 Å². The molecule has 2 atom stereocenters. The Morgan fingerprint density at radius 3 is 2.67 bits per heavy atom. The number of rotatable bonds is 5. The van der Waals surface area contributed by atoms with E-state index in [0.717, 1.165) is 29.8 Å². The third-order valence-electron chi connectivity index (χ3n) is 6.46. The lowest BCUT2D eigenvalue weighted by atomic mass is 10.1. The highest BCUT2D eigenvalue weighted by Gasteiger charge is 2.41. The zero-order chi connectivity index (χ0) is 23.2. The highest BCUT2D eigenvalue weighted by atomic mass is 32.3. The summed E-state index contributed by atoms with van der Waals surface area (Å²) in [6, 6.07) is 7.65. The fourth-order valence-corrected chi connectivity index (χ4v) is 6.55. The number of benzene rings is 1. The second-order valence-electron chi connectivity index (χ2n) is 9.06. The number of ether oxygens (including phenoxy) is 1. The molecule has 2 amide bonds. The molecule has 1 saturated heterocycles. The van der Waals surface area contributed by atoms with Gasteiger partial charge in [-0.3, -0.25) is 9.11 Å². The molecule has 0 spiro atoms. The molecule has 178 valence electrons. The van der Waals surface area contributed by atoms with Crippen molar-refractivity contribution >= 4 is 28.1 Å². The van der Waals surface area contributed by atoms with Crippen molar-refractivity contribution in [1.29, 1.82) is 0 Å². The monoisotopic (exact) mass is 473 g/mol. The molecular formula is C23H31N5O4S. The number of carbonyl (C=O) groups is 1. The Morgan fingerprint density at radius 2 is 2.00 bits per heavy atom. The van der Waals surface area contributed by atoms with Gasteiger partial charge in [-0.05, 0) is 50.5 Å². The van der Waals surface area contributed by atoms with Gasteiger partial charge in [0.25, 0.3) is 0 Å². The average molecular weight is 474 g/mol. The summed E-state index contributed by atoms with van der Waals surface area (Å²) in [6.07, 6.45) is 2.69. The van der Waals surface area contributed by atoms with Gasteiger partial charge in [0.1, 0.15) is 5.82 Å². The van der Waals surface area contributed by atoms with Crippen molar-refractivity contribution < 1.29 is 18.6 Å². The van der Waals surface area contributed by atoms with Gasteiger partial charge in [0.05, 0.1) is 36.0 Å². The molecule has 33 heavy (non-hydrogen) atoms. The van der Waals surface area contributed by atoms with Crippen molar-refractivity contribution in [3.63, 3.8) is 0 Å². The molecule has 3 heterocycles. The van der Waals surface area contributed by atoms with Crippen LogP contribution in [0.2, 0.25) is 0 Å². The molecule has 0 radical (unpaired) electrons. The zero-order valence-corrected chi connectivity index (χ0v) is 19.8. The maximum absolute atomic E-state index is 12.0. The first kappa shape index (κ1) is 22.4. The van der Waals surface area contributed by atoms with E-state index in [2.05, 4.69) is 22.5 Å². The predicted molar refractivity (Wildman–Crippen MR) is 130 cm³/mol. The molecule has 1 aromatic heterocycles. The van der Waals surface area contributed by atoms with Gasteiger partial charge in [0, 0.05) is 29.4 Å². The lowest BCUT2D eigenvalue weighted by Gasteiger charge is -2.38. The van der Waals surface area contributed by atoms with E-state index in [9.17, 15) is 13.9 Å². The van der Waals surface area contributed by atoms with Gasteiger partial charge in [0.2, 0.25) is 0 Å². The molecule has 1 unspecified atom stereocenters. The first-order valence-corrected chi connectivity index (χ1v) is 13.3. The number of anilines is 2. The van der Waals surface area contributed by atoms with Crippen LogP contribution in [0.5, 0.6) is 0 Å². The zero-order valence-electron chi connectivity index (χ0n) is 19.0. The Hall–Kier alpha value is -2.40. The van der Waals surface area contributed by atoms with Crippen LogP contribution in [0.25, 0.3) is 11.4 Å². The molecule has 4 N–H and O–H groups in total. The largest absolute Gasteiger partial charge is 0.377 e. The molecule has 1 saturated carbocycles. The third kappa shape index (κ3) is 4.52. The van der Waals surface area contributed by atoms with Gasteiger partial charge in [-0.2, -0.15) is 10.6 Å². The third-order valence-corrected chi connectivity index (χ3v) is 8.63. The van der Waals surface area contributed by atoms with Crippen molar-refractivity contribution in [1.82, 2.24) is 15.3 Å². The molecule has 1 aromatic carbocycles. The average Bonchev–Trinajstić information content (AvgIpc) is 3.54. The van der Waals surface area contributed by atoms with Gasteiger partial charge in [-0.15, -0.1) is 0 Å². The lowest BCUT2D eigenvalue weighted by molar-refractivity contribution is 0.0984. The Morgan fingerprint density at radius 1 is 1.24 bits per heavy atom. The quantitative estimate of drug-likeness (QED) is 0.509. The minimum absolute atomic E-state index is 0.127. The number of nitrogens with zero attached hydrogens (tertiary/aromatic N) is 3. The number of fused-ring (bicyclic) bond motifs is 1. The SMILES string of the molecule is CCC1c2c(nc(-c3ccc(NC(=O)NC4CC4)cc3)nc2N2CCOC[C@@H]2C)CS1(O)O.